The monoisotopic (exact) mass is 429 g/mol. The van der Waals surface area contributed by atoms with Crippen molar-refractivity contribution < 1.29 is 4.74 Å². The number of hydrogen-bond acceptors (Lipinski definition) is 3. The molecule has 1 aromatic heterocycles. The molecule has 3 nitrogen and oxygen atoms in total. The van der Waals surface area contributed by atoms with Crippen molar-refractivity contribution in [2.45, 2.75) is 44.1 Å². The first-order valence-corrected chi connectivity index (χ1v) is 9.07. The van der Waals surface area contributed by atoms with Gasteiger partial charge in [0.05, 0.1) is 10.2 Å². The van der Waals surface area contributed by atoms with Gasteiger partial charge in [0.2, 0.25) is 0 Å². The molecule has 0 saturated carbocycles. The summed E-state index contributed by atoms with van der Waals surface area (Å²) in [4.78, 5) is 17.2. The third-order valence-corrected chi connectivity index (χ3v) is 5.81. The fourth-order valence-electron chi connectivity index (χ4n) is 2.30. The van der Waals surface area contributed by atoms with Crippen molar-refractivity contribution in [2.24, 2.45) is 0 Å². The largest absolute Gasteiger partial charge is 0.377 e. The molecule has 118 valence electrons. The summed E-state index contributed by atoms with van der Waals surface area (Å²) in [6.45, 7) is 9.25. The first-order chi connectivity index (χ1) is 10.4. The molecular formula is C17H20INO2S. The second kappa shape index (κ2) is 7.66. The average molecular weight is 429 g/mol. The third kappa shape index (κ3) is 4.14. The summed E-state index contributed by atoms with van der Waals surface area (Å²) in [5.74, 6) is 0. The third-order valence-electron chi connectivity index (χ3n) is 3.29. The number of aromatic nitrogens is 1. The van der Waals surface area contributed by atoms with Gasteiger partial charge in [-0.3, -0.25) is 4.79 Å². The number of aromatic amines is 1. The standard InChI is InChI=1S/C17H20INO2S/c1-5-21-9-14-12(4)19-17(20)15(18)16(14)22-13-7-10(2)6-11(3)8-13/h6-8H,5,9H2,1-4H3,(H,19,20). The SMILES string of the molecule is CCOCc1c(C)[nH]c(=O)c(I)c1Sc1cc(C)cc(C)c1. The Morgan fingerprint density at radius 3 is 2.41 bits per heavy atom. The van der Waals surface area contributed by atoms with E-state index in [1.807, 2.05) is 13.8 Å². The van der Waals surface area contributed by atoms with Gasteiger partial charge in [-0.05, 0) is 73.5 Å². The van der Waals surface area contributed by atoms with Crippen molar-refractivity contribution in [3.8, 4) is 0 Å². The highest BCUT2D eigenvalue weighted by Crippen LogP contribution is 2.35. The molecule has 0 atom stereocenters. The second-order valence-electron chi connectivity index (χ2n) is 5.26. The van der Waals surface area contributed by atoms with E-state index in [4.69, 9.17) is 4.74 Å². The Morgan fingerprint density at radius 2 is 1.82 bits per heavy atom. The van der Waals surface area contributed by atoms with Crippen LogP contribution in [0.25, 0.3) is 0 Å². The van der Waals surface area contributed by atoms with Gasteiger partial charge in [-0.1, -0.05) is 17.8 Å². The first kappa shape index (κ1) is 17.6. The summed E-state index contributed by atoms with van der Waals surface area (Å²) in [6.07, 6.45) is 0. The van der Waals surface area contributed by atoms with E-state index in [1.54, 1.807) is 11.8 Å². The number of benzene rings is 1. The fraction of sp³-hybridized carbons (Fsp3) is 0.353. The smallest absolute Gasteiger partial charge is 0.262 e. The molecule has 1 heterocycles. The Morgan fingerprint density at radius 1 is 1.18 bits per heavy atom. The molecule has 22 heavy (non-hydrogen) atoms. The average Bonchev–Trinajstić information content (AvgIpc) is 2.43. The lowest BCUT2D eigenvalue weighted by atomic mass is 10.2. The molecular weight excluding hydrogens is 409 g/mol. The Labute approximate surface area is 149 Å². The van der Waals surface area contributed by atoms with Crippen LogP contribution >= 0.6 is 34.4 Å². The van der Waals surface area contributed by atoms with Crippen LogP contribution in [-0.4, -0.2) is 11.6 Å². The zero-order chi connectivity index (χ0) is 16.3. The maximum atomic E-state index is 12.1. The number of rotatable bonds is 5. The van der Waals surface area contributed by atoms with Crippen LogP contribution < -0.4 is 5.56 Å². The van der Waals surface area contributed by atoms with Crippen LogP contribution in [0.5, 0.6) is 0 Å². The van der Waals surface area contributed by atoms with Gasteiger partial charge < -0.3 is 9.72 Å². The van der Waals surface area contributed by atoms with Gasteiger partial charge >= 0.3 is 0 Å². The maximum Gasteiger partial charge on any atom is 0.262 e. The van der Waals surface area contributed by atoms with Crippen LogP contribution in [0.15, 0.2) is 32.8 Å². The van der Waals surface area contributed by atoms with Crippen LogP contribution in [0.2, 0.25) is 0 Å². The molecule has 0 fully saturated rings. The van der Waals surface area contributed by atoms with Gasteiger partial charge in [0.1, 0.15) is 0 Å². The molecule has 0 aliphatic heterocycles. The molecule has 1 aromatic carbocycles. The Balaban J connectivity index is 2.50. The number of hydrogen-bond donors (Lipinski definition) is 1. The van der Waals surface area contributed by atoms with Gasteiger partial charge in [-0.2, -0.15) is 0 Å². The van der Waals surface area contributed by atoms with Crippen LogP contribution in [0.4, 0.5) is 0 Å². The van der Waals surface area contributed by atoms with Crippen LogP contribution in [-0.2, 0) is 11.3 Å². The lowest BCUT2D eigenvalue weighted by Crippen LogP contribution is -2.16. The molecule has 0 aliphatic carbocycles. The van der Waals surface area contributed by atoms with Crippen LogP contribution in [0.3, 0.4) is 0 Å². The minimum absolute atomic E-state index is 0.0368. The molecule has 0 amide bonds. The van der Waals surface area contributed by atoms with E-state index < -0.39 is 0 Å². The highest BCUT2D eigenvalue weighted by Gasteiger charge is 2.15. The predicted molar refractivity (Wildman–Crippen MR) is 99.9 cm³/mol. The predicted octanol–water partition coefficient (Wildman–Crippen LogP) is 4.59. The zero-order valence-corrected chi connectivity index (χ0v) is 16.2. The van der Waals surface area contributed by atoms with Crippen LogP contribution in [0.1, 0.15) is 29.3 Å². The Bertz CT molecular complexity index is 720. The van der Waals surface area contributed by atoms with Crippen molar-refractivity contribution in [3.63, 3.8) is 0 Å². The molecule has 1 N–H and O–H groups in total. The molecule has 0 saturated heterocycles. The van der Waals surface area contributed by atoms with E-state index in [-0.39, 0.29) is 5.56 Å². The summed E-state index contributed by atoms with van der Waals surface area (Å²) in [7, 11) is 0. The normalized spacial score (nSPS) is 11.0. The number of H-pyrrole nitrogens is 1. The van der Waals surface area contributed by atoms with Gasteiger partial charge in [0, 0.05) is 27.7 Å². The number of halogens is 1. The van der Waals surface area contributed by atoms with E-state index in [0.717, 1.165) is 24.6 Å². The van der Waals surface area contributed by atoms with Gasteiger partial charge in [0.15, 0.2) is 0 Å². The highest BCUT2D eigenvalue weighted by molar-refractivity contribution is 14.1. The van der Waals surface area contributed by atoms with Gasteiger partial charge in [-0.15, -0.1) is 0 Å². The molecule has 0 bridgehead atoms. The van der Waals surface area contributed by atoms with E-state index in [9.17, 15) is 4.79 Å². The number of ether oxygens (including phenoxy) is 1. The summed E-state index contributed by atoms with van der Waals surface area (Å²) >= 11 is 3.76. The zero-order valence-electron chi connectivity index (χ0n) is 13.2. The van der Waals surface area contributed by atoms with Crippen molar-refractivity contribution in [3.05, 3.63) is 54.5 Å². The number of pyridine rings is 1. The topological polar surface area (TPSA) is 42.1 Å². The minimum Gasteiger partial charge on any atom is -0.377 e. The van der Waals surface area contributed by atoms with E-state index in [2.05, 4.69) is 59.6 Å². The van der Waals surface area contributed by atoms with Crippen molar-refractivity contribution >= 4 is 34.4 Å². The number of aryl methyl sites for hydroxylation is 3. The molecule has 0 spiro atoms. The molecule has 2 aromatic rings. The second-order valence-corrected chi connectivity index (χ2v) is 7.43. The van der Waals surface area contributed by atoms with Crippen molar-refractivity contribution in [1.29, 1.82) is 0 Å². The molecule has 5 heteroatoms. The van der Waals surface area contributed by atoms with Gasteiger partial charge in [-0.25, -0.2) is 0 Å². The lowest BCUT2D eigenvalue weighted by molar-refractivity contribution is 0.131. The highest BCUT2D eigenvalue weighted by atomic mass is 127. The van der Waals surface area contributed by atoms with Gasteiger partial charge in [0.25, 0.3) is 5.56 Å². The summed E-state index contributed by atoms with van der Waals surface area (Å²) in [5, 5.41) is 0. The number of nitrogens with one attached hydrogen (secondary N) is 1. The Hall–Kier alpha value is -0.790. The summed E-state index contributed by atoms with van der Waals surface area (Å²) in [5.41, 5.74) is 4.36. The quantitative estimate of drug-likeness (QED) is 0.707. The molecule has 0 unspecified atom stereocenters. The maximum absolute atomic E-state index is 12.1. The minimum atomic E-state index is -0.0368. The van der Waals surface area contributed by atoms with E-state index in [1.165, 1.54) is 11.1 Å². The molecule has 0 aliphatic rings. The van der Waals surface area contributed by atoms with E-state index >= 15 is 0 Å². The molecule has 0 radical (unpaired) electrons. The molecule has 2 rings (SSSR count). The first-order valence-electron chi connectivity index (χ1n) is 7.17. The fourth-order valence-corrected chi connectivity index (χ4v) is 4.33. The van der Waals surface area contributed by atoms with E-state index in [0.29, 0.717) is 13.2 Å². The summed E-state index contributed by atoms with van der Waals surface area (Å²) in [6, 6.07) is 6.45. The van der Waals surface area contributed by atoms with Crippen LogP contribution in [0, 0.1) is 24.3 Å². The summed E-state index contributed by atoms with van der Waals surface area (Å²) < 4.78 is 6.31. The Kier molecular flexibility index (Phi) is 6.11. The van der Waals surface area contributed by atoms with Crippen molar-refractivity contribution in [2.75, 3.05) is 6.61 Å². The van der Waals surface area contributed by atoms with Crippen molar-refractivity contribution in [1.82, 2.24) is 4.98 Å². The lowest BCUT2D eigenvalue weighted by Gasteiger charge is -2.14.